The molecule has 0 amide bonds. The molecule has 6 heteroatoms. The molecule has 0 spiro atoms. The van der Waals surface area contributed by atoms with Crippen molar-refractivity contribution in [3.05, 3.63) is 0 Å². The Balaban J connectivity index is 4.49. The highest BCUT2D eigenvalue weighted by Crippen LogP contribution is 2.43. The molecule has 1 atom stereocenters. The molecule has 0 aliphatic carbocycles. The van der Waals surface area contributed by atoms with Crippen LogP contribution in [0.3, 0.4) is 0 Å². The van der Waals surface area contributed by atoms with Gasteiger partial charge < -0.3 is 9.84 Å². The maximum absolute atomic E-state index is 11.4. The first kappa shape index (κ1) is 18.3. The summed E-state index contributed by atoms with van der Waals surface area (Å²) in [7, 11) is 0. The zero-order valence-electron chi connectivity index (χ0n) is 10.8. The van der Waals surface area contributed by atoms with E-state index in [0.717, 1.165) is 19.3 Å². The molecule has 3 nitrogen and oxygen atoms in total. The number of carbonyl (C=O) groups is 1. The average molecular weight is 320 g/mol. The Hall–Kier alpha value is 0.300. The largest absolute Gasteiger partial charge is 0.466 e. The minimum absolute atomic E-state index is 0.241. The Morgan fingerprint density at radius 3 is 2.22 bits per heavy atom. The molecule has 1 unspecified atom stereocenters. The first-order chi connectivity index (χ1) is 8.27. The quantitative estimate of drug-likeness (QED) is 0.418. The van der Waals surface area contributed by atoms with Gasteiger partial charge in [-0.2, -0.15) is 0 Å². The van der Waals surface area contributed by atoms with Crippen LogP contribution in [0.1, 0.15) is 52.4 Å². The van der Waals surface area contributed by atoms with E-state index in [1.54, 1.807) is 6.92 Å². The summed E-state index contributed by atoms with van der Waals surface area (Å²) in [6.07, 6.45) is 3.73. The second kappa shape index (κ2) is 8.47. The fourth-order valence-electron chi connectivity index (χ4n) is 1.63. The number of esters is 1. The maximum Gasteiger partial charge on any atom is 0.308 e. The molecule has 108 valence electrons. The Labute approximate surface area is 124 Å². The summed E-state index contributed by atoms with van der Waals surface area (Å²) in [6.45, 7) is 4.01. The molecule has 0 aliphatic heterocycles. The second-order valence-corrected chi connectivity index (χ2v) is 6.60. The van der Waals surface area contributed by atoms with Crippen LogP contribution in [-0.2, 0) is 9.53 Å². The van der Waals surface area contributed by atoms with E-state index >= 15 is 0 Å². The van der Waals surface area contributed by atoms with Crippen molar-refractivity contribution in [1.29, 1.82) is 0 Å². The monoisotopic (exact) mass is 318 g/mol. The number of aliphatic hydroxyl groups is 1. The van der Waals surface area contributed by atoms with Gasteiger partial charge in [0.15, 0.2) is 0 Å². The van der Waals surface area contributed by atoms with E-state index in [1.807, 2.05) is 0 Å². The van der Waals surface area contributed by atoms with Gasteiger partial charge in [-0.1, -0.05) is 67.4 Å². The minimum atomic E-state index is -1.90. The van der Waals surface area contributed by atoms with Gasteiger partial charge in [-0.05, 0) is 13.3 Å². The van der Waals surface area contributed by atoms with Crippen LogP contribution in [0.25, 0.3) is 0 Å². The number of rotatable bonds is 8. The van der Waals surface area contributed by atoms with Gasteiger partial charge in [0.1, 0.15) is 5.60 Å². The molecule has 0 aromatic heterocycles. The highest BCUT2D eigenvalue weighted by Gasteiger charge is 2.48. The molecule has 0 radical (unpaired) electrons. The Morgan fingerprint density at radius 2 is 1.78 bits per heavy atom. The van der Waals surface area contributed by atoms with Gasteiger partial charge >= 0.3 is 5.97 Å². The lowest BCUT2D eigenvalue weighted by atomic mass is 9.94. The average Bonchev–Trinajstić information content (AvgIpc) is 2.23. The molecular formula is C12H21Cl3O3. The zero-order valence-corrected chi connectivity index (χ0v) is 13.1. The number of ether oxygens (including phenoxy) is 1. The second-order valence-electron chi connectivity index (χ2n) is 4.32. The van der Waals surface area contributed by atoms with Gasteiger partial charge in [0.05, 0.1) is 13.0 Å². The highest BCUT2D eigenvalue weighted by atomic mass is 35.6. The molecule has 0 fully saturated rings. The fraction of sp³-hybridized carbons (Fsp3) is 0.917. The number of carbonyl (C=O) groups excluding carboxylic acids is 1. The van der Waals surface area contributed by atoms with Crippen molar-refractivity contribution in [2.75, 3.05) is 6.61 Å². The van der Waals surface area contributed by atoms with Crippen LogP contribution in [0, 0.1) is 0 Å². The van der Waals surface area contributed by atoms with Gasteiger partial charge in [-0.15, -0.1) is 0 Å². The number of unbranched alkanes of at least 4 members (excludes halogenated alkanes) is 3. The van der Waals surface area contributed by atoms with Gasteiger partial charge in [-0.25, -0.2) is 0 Å². The van der Waals surface area contributed by atoms with Crippen molar-refractivity contribution < 1.29 is 14.6 Å². The van der Waals surface area contributed by atoms with Crippen LogP contribution in [0.4, 0.5) is 0 Å². The van der Waals surface area contributed by atoms with Gasteiger partial charge in [0, 0.05) is 0 Å². The van der Waals surface area contributed by atoms with E-state index < -0.39 is 15.4 Å². The number of hydrogen-bond donors (Lipinski definition) is 1. The first-order valence-corrected chi connectivity index (χ1v) is 7.35. The summed E-state index contributed by atoms with van der Waals surface area (Å²) in [5.74, 6) is -0.554. The number of halogens is 3. The predicted octanol–water partition coefficient (Wildman–Crippen LogP) is 4.01. The summed E-state index contributed by atoms with van der Waals surface area (Å²) in [6, 6.07) is 0. The van der Waals surface area contributed by atoms with Crippen molar-refractivity contribution in [2.24, 2.45) is 0 Å². The predicted molar refractivity (Wildman–Crippen MR) is 75.2 cm³/mol. The topological polar surface area (TPSA) is 46.5 Å². The smallest absolute Gasteiger partial charge is 0.308 e. The molecule has 0 rings (SSSR count). The lowest BCUT2D eigenvalue weighted by Crippen LogP contribution is -2.45. The molecule has 0 bridgehead atoms. The van der Waals surface area contributed by atoms with Crippen LogP contribution in [0.15, 0.2) is 0 Å². The van der Waals surface area contributed by atoms with E-state index in [0.29, 0.717) is 6.42 Å². The summed E-state index contributed by atoms with van der Waals surface area (Å²) in [5, 5.41) is 10.3. The SMILES string of the molecule is CCCCCCC(O)(CC(=O)OCC)C(Cl)(Cl)Cl. The third kappa shape index (κ3) is 6.46. The van der Waals surface area contributed by atoms with E-state index in [9.17, 15) is 9.90 Å². The lowest BCUT2D eigenvalue weighted by molar-refractivity contribution is -0.148. The summed E-state index contributed by atoms with van der Waals surface area (Å²) in [4.78, 5) is 11.4. The highest BCUT2D eigenvalue weighted by molar-refractivity contribution is 6.68. The van der Waals surface area contributed by atoms with E-state index in [-0.39, 0.29) is 19.4 Å². The van der Waals surface area contributed by atoms with Crippen molar-refractivity contribution in [3.8, 4) is 0 Å². The van der Waals surface area contributed by atoms with Crippen LogP contribution in [0.2, 0.25) is 0 Å². The van der Waals surface area contributed by atoms with Crippen molar-refractivity contribution in [1.82, 2.24) is 0 Å². The number of hydrogen-bond acceptors (Lipinski definition) is 3. The third-order valence-corrected chi connectivity index (χ3v) is 3.77. The third-order valence-electron chi connectivity index (χ3n) is 2.71. The molecule has 0 aromatic carbocycles. The van der Waals surface area contributed by atoms with Gasteiger partial charge in [0.25, 0.3) is 0 Å². The Morgan fingerprint density at radius 1 is 1.17 bits per heavy atom. The standard InChI is InChI=1S/C12H21Cl3O3/c1-3-5-6-7-8-11(17,12(13,14)15)9-10(16)18-4-2/h17H,3-9H2,1-2H3. The lowest BCUT2D eigenvalue weighted by Gasteiger charge is -2.33. The van der Waals surface area contributed by atoms with Crippen LogP contribution in [0.5, 0.6) is 0 Å². The Kier molecular flexibility index (Phi) is 8.61. The summed E-state index contributed by atoms with van der Waals surface area (Å²) in [5.41, 5.74) is -1.67. The molecule has 1 N–H and O–H groups in total. The molecule has 0 saturated carbocycles. The molecule has 18 heavy (non-hydrogen) atoms. The number of alkyl halides is 3. The molecule has 0 heterocycles. The summed E-state index contributed by atoms with van der Waals surface area (Å²) < 4.78 is 2.89. The van der Waals surface area contributed by atoms with E-state index in [1.165, 1.54) is 0 Å². The van der Waals surface area contributed by atoms with E-state index in [4.69, 9.17) is 39.5 Å². The van der Waals surface area contributed by atoms with Crippen LogP contribution in [-0.4, -0.2) is 27.1 Å². The van der Waals surface area contributed by atoms with Crippen molar-refractivity contribution >= 4 is 40.8 Å². The first-order valence-electron chi connectivity index (χ1n) is 6.21. The van der Waals surface area contributed by atoms with Crippen molar-refractivity contribution in [3.63, 3.8) is 0 Å². The maximum atomic E-state index is 11.4. The Bertz CT molecular complexity index is 253. The van der Waals surface area contributed by atoms with Crippen molar-refractivity contribution in [2.45, 2.75) is 61.8 Å². The molecule has 0 aliphatic rings. The van der Waals surface area contributed by atoms with Gasteiger partial charge in [0.2, 0.25) is 3.79 Å². The van der Waals surface area contributed by atoms with Crippen LogP contribution < -0.4 is 0 Å². The van der Waals surface area contributed by atoms with E-state index in [2.05, 4.69) is 6.92 Å². The van der Waals surface area contributed by atoms with Gasteiger partial charge in [-0.3, -0.25) is 4.79 Å². The summed E-state index contributed by atoms with van der Waals surface area (Å²) >= 11 is 17.3. The molecule has 0 saturated heterocycles. The molecule has 0 aromatic rings. The molecular weight excluding hydrogens is 298 g/mol. The zero-order chi connectivity index (χ0) is 14.2. The van der Waals surface area contributed by atoms with Crippen LogP contribution >= 0.6 is 34.8 Å². The minimum Gasteiger partial charge on any atom is -0.466 e. The normalized spacial score (nSPS) is 15.2. The fourth-order valence-corrected chi connectivity index (χ4v) is 2.11.